The van der Waals surface area contributed by atoms with Gasteiger partial charge in [-0.05, 0) is 37.0 Å². The quantitative estimate of drug-likeness (QED) is 0.682. The third-order valence-electron chi connectivity index (χ3n) is 3.73. The summed E-state index contributed by atoms with van der Waals surface area (Å²) in [6.07, 6.45) is 0.362. The van der Waals surface area contributed by atoms with Crippen molar-refractivity contribution in [2.45, 2.75) is 24.7 Å². The van der Waals surface area contributed by atoms with Crippen molar-refractivity contribution in [3.05, 3.63) is 23.8 Å². The van der Waals surface area contributed by atoms with Gasteiger partial charge in [0.1, 0.15) is 10.6 Å². The van der Waals surface area contributed by atoms with E-state index < -0.39 is 25.8 Å². The number of carbonyl (C=O) groups excluding carboxylic acids is 1. The lowest BCUT2D eigenvalue weighted by molar-refractivity contribution is -0.122. The first kappa shape index (κ1) is 18.7. The second kappa shape index (κ2) is 7.08. The summed E-state index contributed by atoms with van der Waals surface area (Å²) < 4.78 is 52.4. The highest BCUT2D eigenvalue weighted by Gasteiger charge is 2.30. The summed E-state index contributed by atoms with van der Waals surface area (Å²) in [7, 11) is -5.73. The maximum Gasteiger partial charge on any atom is 0.261 e. The molecule has 134 valence electrons. The Bertz CT molecular complexity index is 833. The Morgan fingerprint density at radius 2 is 2.08 bits per heavy atom. The lowest BCUT2D eigenvalue weighted by Gasteiger charge is -2.13. The van der Waals surface area contributed by atoms with E-state index in [2.05, 4.69) is 5.43 Å². The number of hydrazine groups is 1. The smallest absolute Gasteiger partial charge is 0.261 e. The first-order chi connectivity index (χ1) is 11.1. The molecule has 0 spiro atoms. The van der Waals surface area contributed by atoms with Crippen molar-refractivity contribution in [2.24, 2.45) is 5.92 Å². The van der Waals surface area contributed by atoms with Crippen LogP contribution >= 0.6 is 0 Å². The highest BCUT2D eigenvalue weighted by molar-refractivity contribution is 7.91. The maximum absolute atomic E-state index is 12.3. The van der Waals surface area contributed by atoms with Crippen LogP contribution in [0.15, 0.2) is 23.1 Å². The molecule has 0 aromatic heterocycles. The summed E-state index contributed by atoms with van der Waals surface area (Å²) >= 11 is 0. The molecule has 1 aromatic rings. The van der Waals surface area contributed by atoms with Gasteiger partial charge in [0.25, 0.3) is 10.0 Å². The van der Waals surface area contributed by atoms with Gasteiger partial charge in [0.15, 0.2) is 9.84 Å². The summed E-state index contributed by atoms with van der Waals surface area (Å²) in [4.78, 5) is 13.8. The van der Waals surface area contributed by atoms with Gasteiger partial charge in [-0.15, -0.1) is 4.83 Å². The standard InChI is InChI=1S/C14H20N2O6S2/c1-10-3-4-12(22-2)13(7-10)24(20,21)16-15-14(17)8-11-5-6-23(18,19)9-11/h3-4,7,11,16H,5-6,8-9H2,1-2H3,(H,15,17)/t11-/m0/s1. The molecule has 10 heteroatoms. The summed E-state index contributed by atoms with van der Waals surface area (Å²) in [5.74, 6) is -0.680. The van der Waals surface area contributed by atoms with Gasteiger partial charge in [0.05, 0.1) is 18.6 Å². The Kier molecular flexibility index (Phi) is 5.51. The largest absolute Gasteiger partial charge is 0.495 e. The minimum absolute atomic E-state index is 0.0428. The number of nitrogens with one attached hydrogen (secondary N) is 2. The third-order valence-corrected chi connectivity index (χ3v) is 6.84. The van der Waals surface area contributed by atoms with Crippen LogP contribution in [0.2, 0.25) is 0 Å². The molecule has 0 unspecified atom stereocenters. The summed E-state index contributed by atoms with van der Waals surface area (Å²) in [6.45, 7) is 1.73. The molecule has 1 aliphatic rings. The number of amides is 1. The van der Waals surface area contributed by atoms with Crippen LogP contribution in [-0.4, -0.2) is 41.4 Å². The highest BCUT2D eigenvalue weighted by Crippen LogP contribution is 2.24. The zero-order chi connectivity index (χ0) is 18.0. The summed E-state index contributed by atoms with van der Waals surface area (Å²) in [5.41, 5.74) is 2.84. The number of ether oxygens (including phenoxy) is 1. The maximum atomic E-state index is 12.3. The van der Waals surface area contributed by atoms with Crippen molar-refractivity contribution < 1.29 is 26.4 Å². The fraction of sp³-hybridized carbons (Fsp3) is 0.500. The molecular formula is C14H20N2O6S2. The number of carbonyl (C=O) groups is 1. The van der Waals surface area contributed by atoms with E-state index in [1.54, 1.807) is 13.0 Å². The highest BCUT2D eigenvalue weighted by atomic mass is 32.2. The predicted octanol–water partition coefficient (Wildman–Crippen LogP) is 0.138. The molecule has 1 heterocycles. The molecule has 24 heavy (non-hydrogen) atoms. The Morgan fingerprint density at radius 1 is 1.38 bits per heavy atom. The van der Waals surface area contributed by atoms with Gasteiger partial charge in [-0.25, -0.2) is 16.8 Å². The van der Waals surface area contributed by atoms with Crippen molar-refractivity contribution in [3.63, 3.8) is 0 Å². The van der Waals surface area contributed by atoms with Crippen LogP contribution in [0.5, 0.6) is 5.75 Å². The molecular weight excluding hydrogens is 356 g/mol. The van der Waals surface area contributed by atoms with Crippen molar-refractivity contribution in [2.75, 3.05) is 18.6 Å². The molecule has 2 rings (SSSR count). The fourth-order valence-corrected chi connectivity index (χ4v) is 5.50. The molecule has 0 bridgehead atoms. The van der Waals surface area contributed by atoms with Crippen molar-refractivity contribution in [1.29, 1.82) is 0 Å². The van der Waals surface area contributed by atoms with E-state index >= 15 is 0 Å². The van der Waals surface area contributed by atoms with E-state index in [0.29, 0.717) is 6.42 Å². The number of methoxy groups -OCH3 is 1. The molecule has 1 aromatic carbocycles. The number of aryl methyl sites for hydroxylation is 1. The Hall–Kier alpha value is -1.65. The van der Waals surface area contributed by atoms with Gasteiger partial charge in [0.2, 0.25) is 5.91 Å². The van der Waals surface area contributed by atoms with Crippen LogP contribution in [0.3, 0.4) is 0 Å². The van der Waals surface area contributed by atoms with E-state index in [1.807, 2.05) is 4.83 Å². The molecule has 1 atom stereocenters. The van der Waals surface area contributed by atoms with Crippen molar-refractivity contribution in [3.8, 4) is 5.75 Å². The van der Waals surface area contributed by atoms with Crippen molar-refractivity contribution in [1.82, 2.24) is 10.3 Å². The Morgan fingerprint density at radius 3 is 2.67 bits per heavy atom. The third kappa shape index (κ3) is 4.68. The Labute approximate surface area is 141 Å². The van der Waals surface area contributed by atoms with Gasteiger partial charge in [-0.1, -0.05) is 6.07 Å². The van der Waals surface area contributed by atoms with Gasteiger partial charge >= 0.3 is 0 Å². The molecule has 1 saturated heterocycles. The minimum atomic E-state index is -4.00. The predicted molar refractivity (Wildman–Crippen MR) is 87.6 cm³/mol. The summed E-state index contributed by atoms with van der Waals surface area (Å²) in [6, 6.07) is 4.66. The van der Waals surface area contributed by atoms with E-state index in [0.717, 1.165) is 5.56 Å². The molecule has 0 radical (unpaired) electrons. The minimum Gasteiger partial charge on any atom is -0.495 e. The molecule has 0 saturated carbocycles. The fourth-order valence-electron chi connectivity index (χ4n) is 2.52. The van der Waals surface area contributed by atoms with Crippen molar-refractivity contribution >= 4 is 25.8 Å². The number of sulfonamides is 1. The second-order valence-corrected chi connectivity index (χ2v) is 9.66. The molecule has 1 amide bonds. The molecule has 8 nitrogen and oxygen atoms in total. The van der Waals surface area contributed by atoms with Crippen LogP contribution in [0.1, 0.15) is 18.4 Å². The van der Waals surface area contributed by atoms with Gasteiger partial charge in [0, 0.05) is 6.42 Å². The lowest BCUT2D eigenvalue weighted by Crippen LogP contribution is -2.42. The van der Waals surface area contributed by atoms with Gasteiger partial charge < -0.3 is 4.74 Å². The summed E-state index contributed by atoms with van der Waals surface area (Å²) in [5, 5.41) is 0. The van der Waals surface area contributed by atoms with Crippen LogP contribution in [0, 0.1) is 12.8 Å². The average Bonchev–Trinajstić information content (AvgIpc) is 2.84. The molecule has 1 fully saturated rings. The Balaban J connectivity index is 2.00. The van der Waals surface area contributed by atoms with Gasteiger partial charge in [-0.2, -0.15) is 0 Å². The van der Waals surface area contributed by atoms with Gasteiger partial charge in [-0.3, -0.25) is 10.2 Å². The van der Waals surface area contributed by atoms with Crippen LogP contribution < -0.4 is 15.0 Å². The van der Waals surface area contributed by atoms with Crippen LogP contribution in [0.25, 0.3) is 0 Å². The zero-order valence-corrected chi connectivity index (χ0v) is 15.0. The monoisotopic (exact) mass is 376 g/mol. The van der Waals surface area contributed by atoms with E-state index in [9.17, 15) is 21.6 Å². The lowest BCUT2D eigenvalue weighted by atomic mass is 10.1. The molecule has 2 N–H and O–H groups in total. The normalized spacial score (nSPS) is 19.8. The number of sulfone groups is 1. The van der Waals surface area contributed by atoms with E-state index in [-0.39, 0.29) is 34.5 Å². The zero-order valence-electron chi connectivity index (χ0n) is 13.4. The van der Waals surface area contributed by atoms with E-state index in [4.69, 9.17) is 4.74 Å². The molecule has 0 aliphatic carbocycles. The second-order valence-electron chi connectivity index (χ2n) is 5.78. The number of rotatable bonds is 6. The first-order valence-electron chi connectivity index (χ1n) is 7.29. The topological polar surface area (TPSA) is 119 Å². The van der Waals surface area contributed by atoms with E-state index in [1.165, 1.54) is 19.2 Å². The average molecular weight is 376 g/mol. The number of hydrogen-bond acceptors (Lipinski definition) is 6. The first-order valence-corrected chi connectivity index (χ1v) is 10.6. The van der Waals surface area contributed by atoms with Crippen LogP contribution in [-0.2, 0) is 24.7 Å². The number of benzene rings is 1. The number of hydrogen-bond donors (Lipinski definition) is 2. The molecule has 1 aliphatic heterocycles. The SMILES string of the molecule is COc1ccc(C)cc1S(=O)(=O)NNC(=O)C[C@@H]1CCS(=O)(=O)C1. The van der Waals surface area contributed by atoms with Crippen LogP contribution in [0.4, 0.5) is 0 Å².